The minimum Gasteiger partial charge on any atom is -0.309 e. The van der Waals surface area contributed by atoms with E-state index in [0.29, 0.717) is 19.1 Å². The largest absolute Gasteiger partial charge is 0.327 e. The summed E-state index contributed by atoms with van der Waals surface area (Å²) < 4.78 is 22.5. The van der Waals surface area contributed by atoms with Crippen LogP contribution in [0.15, 0.2) is 0 Å². The molecular weight excluding hydrogens is 259 g/mol. The molecule has 0 spiro atoms. The van der Waals surface area contributed by atoms with Gasteiger partial charge in [0.1, 0.15) is 0 Å². The van der Waals surface area contributed by atoms with Crippen molar-refractivity contribution in [3.8, 4) is 0 Å². The summed E-state index contributed by atoms with van der Waals surface area (Å²) in [6.07, 6.45) is 10.1. The van der Waals surface area contributed by atoms with Gasteiger partial charge in [0.05, 0.1) is 13.2 Å². The summed E-state index contributed by atoms with van der Waals surface area (Å²) in [7, 11) is -2.82. The van der Waals surface area contributed by atoms with E-state index in [0.717, 1.165) is 12.8 Å². The molecule has 0 bridgehead atoms. The molecule has 0 fully saturated rings. The van der Waals surface area contributed by atoms with Gasteiger partial charge in [-0.1, -0.05) is 65.7 Å². The van der Waals surface area contributed by atoms with Crippen LogP contribution in [0.2, 0.25) is 0 Å². The first-order chi connectivity index (χ1) is 8.98. The second kappa shape index (κ2) is 11.9. The zero-order valence-corrected chi connectivity index (χ0v) is 14.2. The fourth-order valence-electron chi connectivity index (χ4n) is 1.79. The van der Waals surface area contributed by atoms with E-state index in [1.54, 1.807) is 6.66 Å². The third-order valence-electron chi connectivity index (χ3n) is 2.97. The Morgan fingerprint density at radius 3 is 1.95 bits per heavy atom. The molecule has 0 aromatic rings. The Balaban J connectivity index is 3.35. The summed E-state index contributed by atoms with van der Waals surface area (Å²) >= 11 is 0. The minimum atomic E-state index is -2.82. The van der Waals surface area contributed by atoms with Crippen molar-refractivity contribution >= 4 is 7.60 Å². The summed E-state index contributed by atoms with van der Waals surface area (Å²) in [5, 5.41) is 0. The lowest BCUT2D eigenvalue weighted by Crippen LogP contribution is -2.02. The van der Waals surface area contributed by atoms with Crippen molar-refractivity contribution in [3.05, 3.63) is 0 Å². The van der Waals surface area contributed by atoms with E-state index in [9.17, 15) is 4.57 Å². The van der Waals surface area contributed by atoms with E-state index in [1.165, 1.54) is 38.5 Å². The van der Waals surface area contributed by atoms with E-state index in [2.05, 4.69) is 6.92 Å². The maximum absolute atomic E-state index is 11.9. The fourth-order valence-corrected chi connectivity index (χ4v) is 2.89. The summed E-state index contributed by atoms with van der Waals surface area (Å²) in [6, 6.07) is 0. The van der Waals surface area contributed by atoms with Crippen LogP contribution in [0, 0.1) is 5.92 Å². The van der Waals surface area contributed by atoms with Crippen molar-refractivity contribution in [3.63, 3.8) is 0 Å². The molecule has 0 N–H and O–H groups in total. The summed E-state index contributed by atoms with van der Waals surface area (Å²) in [4.78, 5) is 0. The Morgan fingerprint density at radius 1 is 0.895 bits per heavy atom. The highest BCUT2D eigenvalue weighted by Crippen LogP contribution is 2.44. The SMILES string of the molecule is CCCCCCCCCCOP(C)(=O)OCC(C)C. The molecule has 0 heterocycles. The quantitative estimate of drug-likeness (QED) is 0.325. The monoisotopic (exact) mass is 292 g/mol. The topological polar surface area (TPSA) is 35.5 Å². The Bertz CT molecular complexity index is 242. The van der Waals surface area contributed by atoms with Gasteiger partial charge >= 0.3 is 7.60 Å². The number of rotatable bonds is 13. The van der Waals surface area contributed by atoms with Crippen molar-refractivity contribution in [1.82, 2.24) is 0 Å². The van der Waals surface area contributed by atoms with Crippen molar-refractivity contribution in [2.75, 3.05) is 19.9 Å². The first kappa shape index (κ1) is 19.1. The zero-order chi connectivity index (χ0) is 14.6. The van der Waals surface area contributed by atoms with Gasteiger partial charge < -0.3 is 9.05 Å². The van der Waals surface area contributed by atoms with Gasteiger partial charge in [-0.15, -0.1) is 0 Å². The van der Waals surface area contributed by atoms with Gasteiger partial charge in [0.2, 0.25) is 0 Å². The van der Waals surface area contributed by atoms with Crippen LogP contribution in [-0.2, 0) is 13.6 Å². The van der Waals surface area contributed by atoms with Crippen molar-refractivity contribution in [2.24, 2.45) is 5.92 Å². The predicted molar refractivity (Wildman–Crippen MR) is 82.9 cm³/mol. The molecule has 0 aliphatic rings. The Hall–Kier alpha value is 0.150. The van der Waals surface area contributed by atoms with Gasteiger partial charge in [-0.25, -0.2) is 0 Å². The molecule has 4 heteroatoms. The van der Waals surface area contributed by atoms with E-state index < -0.39 is 7.60 Å². The Kier molecular flexibility index (Phi) is 12.0. The Morgan fingerprint density at radius 2 is 1.42 bits per heavy atom. The average molecular weight is 292 g/mol. The molecule has 19 heavy (non-hydrogen) atoms. The van der Waals surface area contributed by atoms with Crippen LogP contribution in [0.25, 0.3) is 0 Å². The van der Waals surface area contributed by atoms with Crippen LogP contribution >= 0.6 is 7.60 Å². The lowest BCUT2D eigenvalue weighted by atomic mass is 10.1. The van der Waals surface area contributed by atoms with E-state index >= 15 is 0 Å². The third kappa shape index (κ3) is 14.4. The van der Waals surface area contributed by atoms with Gasteiger partial charge in [0, 0.05) is 6.66 Å². The first-order valence-electron chi connectivity index (χ1n) is 7.84. The van der Waals surface area contributed by atoms with Crippen LogP contribution in [-0.4, -0.2) is 19.9 Å². The maximum Gasteiger partial charge on any atom is 0.327 e. The van der Waals surface area contributed by atoms with Gasteiger partial charge in [-0.05, 0) is 12.3 Å². The summed E-state index contributed by atoms with van der Waals surface area (Å²) in [6.45, 7) is 8.95. The van der Waals surface area contributed by atoms with Crippen LogP contribution in [0.3, 0.4) is 0 Å². The molecule has 1 atom stereocenters. The van der Waals surface area contributed by atoms with Gasteiger partial charge in [-0.2, -0.15) is 0 Å². The second-order valence-electron chi connectivity index (χ2n) is 5.77. The normalized spacial score (nSPS) is 14.8. The molecule has 0 aromatic carbocycles. The molecule has 0 saturated heterocycles. The molecule has 0 radical (unpaired) electrons. The third-order valence-corrected chi connectivity index (χ3v) is 4.24. The second-order valence-corrected chi connectivity index (χ2v) is 7.83. The molecule has 3 nitrogen and oxygen atoms in total. The predicted octanol–water partition coefficient (Wildman–Crippen LogP) is 5.64. The van der Waals surface area contributed by atoms with Crippen LogP contribution in [0.1, 0.15) is 72.1 Å². The Labute approximate surface area is 120 Å². The van der Waals surface area contributed by atoms with Crippen molar-refractivity contribution in [2.45, 2.75) is 72.1 Å². The summed E-state index contributed by atoms with van der Waals surface area (Å²) in [5.74, 6) is 0.389. The molecule has 116 valence electrons. The lowest BCUT2D eigenvalue weighted by molar-refractivity contribution is 0.188. The minimum absolute atomic E-state index is 0.389. The van der Waals surface area contributed by atoms with E-state index in [-0.39, 0.29) is 0 Å². The molecule has 1 unspecified atom stereocenters. The van der Waals surface area contributed by atoms with E-state index in [4.69, 9.17) is 9.05 Å². The zero-order valence-electron chi connectivity index (χ0n) is 13.3. The molecule has 0 aliphatic heterocycles. The molecule has 0 aliphatic carbocycles. The highest BCUT2D eigenvalue weighted by molar-refractivity contribution is 7.52. The molecule has 0 aromatic heterocycles. The highest BCUT2D eigenvalue weighted by atomic mass is 31.2. The average Bonchev–Trinajstić information content (AvgIpc) is 2.34. The van der Waals surface area contributed by atoms with Gasteiger partial charge in [0.25, 0.3) is 0 Å². The van der Waals surface area contributed by atoms with Crippen LogP contribution < -0.4 is 0 Å². The van der Waals surface area contributed by atoms with Gasteiger partial charge in [-0.3, -0.25) is 4.57 Å². The number of hydrogen-bond acceptors (Lipinski definition) is 3. The van der Waals surface area contributed by atoms with Gasteiger partial charge in [0.15, 0.2) is 0 Å². The van der Waals surface area contributed by atoms with E-state index in [1.807, 2.05) is 13.8 Å². The molecule has 0 rings (SSSR count). The van der Waals surface area contributed by atoms with Crippen molar-refractivity contribution < 1.29 is 13.6 Å². The smallest absolute Gasteiger partial charge is 0.309 e. The van der Waals surface area contributed by atoms with Crippen molar-refractivity contribution in [1.29, 1.82) is 0 Å². The van der Waals surface area contributed by atoms with Crippen LogP contribution in [0.5, 0.6) is 0 Å². The fraction of sp³-hybridized carbons (Fsp3) is 1.00. The standard InChI is InChI=1S/C15H33O3P/c1-5-6-7-8-9-10-11-12-13-17-19(4,16)18-14-15(2)3/h15H,5-14H2,1-4H3. The first-order valence-corrected chi connectivity index (χ1v) is 9.83. The summed E-state index contributed by atoms with van der Waals surface area (Å²) in [5.41, 5.74) is 0. The molecule has 0 amide bonds. The highest BCUT2D eigenvalue weighted by Gasteiger charge is 2.16. The maximum atomic E-state index is 11.9. The molecule has 0 saturated carbocycles. The number of unbranched alkanes of at least 4 members (excludes halogenated alkanes) is 7. The van der Waals surface area contributed by atoms with Crippen LogP contribution in [0.4, 0.5) is 0 Å². The number of hydrogen-bond donors (Lipinski definition) is 0. The molecular formula is C15H33O3P. The lowest BCUT2D eigenvalue weighted by Gasteiger charge is -2.15.